The Morgan fingerprint density at radius 2 is 1.71 bits per heavy atom. The van der Waals surface area contributed by atoms with Crippen molar-refractivity contribution < 1.29 is 23.4 Å². The van der Waals surface area contributed by atoms with Gasteiger partial charge in [0, 0.05) is 5.69 Å². The van der Waals surface area contributed by atoms with E-state index in [0.717, 1.165) is 0 Å². The average molecular weight is 307 g/mol. The Labute approximate surface area is 121 Å². The maximum absolute atomic E-state index is 12.4. The van der Waals surface area contributed by atoms with Crippen LogP contribution in [0.1, 0.15) is 5.56 Å². The van der Waals surface area contributed by atoms with Gasteiger partial charge in [-0.15, -0.1) is 0 Å². The molecule has 21 heavy (non-hydrogen) atoms. The van der Waals surface area contributed by atoms with Crippen LogP contribution < -0.4 is 5.32 Å². The summed E-state index contributed by atoms with van der Waals surface area (Å²) in [5, 5.41) is 20.6. The molecule has 0 aromatic heterocycles. The molecule has 0 fully saturated rings. The maximum atomic E-state index is 12.4. The van der Waals surface area contributed by atoms with E-state index in [4.69, 9.17) is 5.11 Å². The molecule has 6 nitrogen and oxygen atoms in total. The third-order valence-corrected chi connectivity index (χ3v) is 4.71. The number of sulfone groups is 1. The highest BCUT2D eigenvalue weighted by Crippen LogP contribution is 2.31. The molecule has 0 aliphatic heterocycles. The van der Waals surface area contributed by atoms with Gasteiger partial charge in [-0.25, -0.2) is 13.2 Å². The van der Waals surface area contributed by atoms with Gasteiger partial charge in [0.2, 0.25) is 9.84 Å². The zero-order valence-electron chi connectivity index (χ0n) is 11.1. The first-order chi connectivity index (χ1) is 9.82. The minimum absolute atomic E-state index is 0.0284. The second-order valence-electron chi connectivity index (χ2n) is 4.38. The van der Waals surface area contributed by atoms with E-state index in [9.17, 15) is 18.3 Å². The molecule has 0 atom stereocenters. The molecule has 1 amide bonds. The van der Waals surface area contributed by atoms with Crippen LogP contribution in [0.4, 0.5) is 10.5 Å². The Morgan fingerprint density at radius 1 is 1.10 bits per heavy atom. The number of amides is 1. The summed E-state index contributed by atoms with van der Waals surface area (Å²) in [7, 11) is -3.86. The average Bonchev–Trinajstić information content (AvgIpc) is 2.41. The fourth-order valence-corrected chi connectivity index (χ4v) is 3.24. The lowest BCUT2D eigenvalue weighted by atomic mass is 10.2. The second-order valence-corrected chi connectivity index (χ2v) is 6.30. The summed E-state index contributed by atoms with van der Waals surface area (Å²) in [4.78, 5) is 10.3. The number of carboxylic acid groups (broad SMARTS) is 1. The molecule has 7 heteroatoms. The zero-order chi connectivity index (χ0) is 15.6. The smallest absolute Gasteiger partial charge is 0.409 e. The topological polar surface area (TPSA) is 104 Å². The van der Waals surface area contributed by atoms with Crippen LogP contribution in [0, 0.1) is 6.92 Å². The Kier molecular flexibility index (Phi) is 3.86. The minimum atomic E-state index is -3.86. The minimum Gasteiger partial charge on any atom is -0.506 e. The summed E-state index contributed by atoms with van der Waals surface area (Å²) < 4.78 is 24.9. The van der Waals surface area contributed by atoms with Gasteiger partial charge >= 0.3 is 6.09 Å². The number of para-hydroxylation sites is 1. The molecule has 0 spiro atoms. The van der Waals surface area contributed by atoms with E-state index in [0.29, 0.717) is 5.56 Å². The van der Waals surface area contributed by atoms with Gasteiger partial charge in [0.1, 0.15) is 10.6 Å². The van der Waals surface area contributed by atoms with Gasteiger partial charge in [0.05, 0.1) is 4.90 Å². The molecule has 2 rings (SSSR count). The lowest BCUT2D eigenvalue weighted by Crippen LogP contribution is -2.08. The van der Waals surface area contributed by atoms with Crippen molar-refractivity contribution in [3.05, 3.63) is 48.0 Å². The highest BCUT2D eigenvalue weighted by Gasteiger charge is 2.22. The van der Waals surface area contributed by atoms with Gasteiger partial charge in [-0.05, 0) is 42.8 Å². The van der Waals surface area contributed by atoms with Gasteiger partial charge in [-0.1, -0.05) is 12.1 Å². The van der Waals surface area contributed by atoms with Crippen molar-refractivity contribution in [1.82, 2.24) is 0 Å². The summed E-state index contributed by atoms with van der Waals surface area (Å²) in [5.74, 6) is -0.287. The lowest BCUT2D eigenvalue weighted by molar-refractivity contribution is 0.209. The van der Waals surface area contributed by atoms with Gasteiger partial charge in [0.25, 0.3) is 0 Å². The van der Waals surface area contributed by atoms with Crippen LogP contribution in [0.5, 0.6) is 5.75 Å². The molecule has 110 valence electrons. The lowest BCUT2D eigenvalue weighted by Gasteiger charge is -2.09. The van der Waals surface area contributed by atoms with Crippen molar-refractivity contribution in [3.63, 3.8) is 0 Å². The van der Waals surface area contributed by atoms with Crippen LogP contribution in [0.2, 0.25) is 0 Å². The molecule has 0 radical (unpaired) electrons. The van der Waals surface area contributed by atoms with Gasteiger partial charge < -0.3 is 10.2 Å². The van der Waals surface area contributed by atoms with E-state index in [1.54, 1.807) is 19.1 Å². The summed E-state index contributed by atoms with van der Waals surface area (Å²) in [6.07, 6.45) is -1.23. The van der Waals surface area contributed by atoms with Crippen molar-refractivity contribution >= 4 is 21.6 Å². The van der Waals surface area contributed by atoms with Crippen LogP contribution in [-0.4, -0.2) is 24.7 Å². The fourth-order valence-electron chi connectivity index (χ4n) is 1.82. The number of anilines is 1. The summed E-state index contributed by atoms with van der Waals surface area (Å²) in [6.45, 7) is 1.61. The van der Waals surface area contributed by atoms with E-state index >= 15 is 0 Å². The molecule has 0 bridgehead atoms. The van der Waals surface area contributed by atoms with E-state index in [2.05, 4.69) is 5.32 Å². The van der Waals surface area contributed by atoms with E-state index in [-0.39, 0.29) is 21.2 Å². The third kappa shape index (κ3) is 2.97. The van der Waals surface area contributed by atoms with Crippen molar-refractivity contribution in [1.29, 1.82) is 0 Å². The maximum Gasteiger partial charge on any atom is 0.409 e. The standard InChI is InChI=1S/C14H13NO5S/c1-9-3-2-4-12(13(9)16)21(19,20)11-7-5-10(6-8-11)15-14(17)18/h2-8,15-16H,1H3,(H,17,18). The van der Waals surface area contributed by atoms with Gasteiger partial charge in [0.15, 0.2) is 0 Å². The highest BCUT2D eigenvalue weighted by atomic mass is 32.2. The fraction of sp³-hybridized carbons (Fsp3) is 0.0714. The Morgan fingerprint density at radius 3 is 2.29 bits per heavy atom. The molecule has 3 N–H and O–H groups in total. The van der Waals surface area contributed by atoms with Gasteiger partial charge in [-0.3, -0.25) is 5.32 Å². The number of nitrogens with one attached hydrogen (secondary N) is 1. The number of benzene rings is 2. The number of hydrogen-bond donors (Lipinski definition) is 3. The van der Waals surface area contributed by atoms with Crippen LogP contribution in [-0.2, 0) is 9.84 Å². The number of aryl methyl sites for hydroxylation is 1. The van der Waals surface area contributed by atoms with Crippen LogP contribution in [0.3, 0.4) is 0 Å². The molecule has 0 aliphatic rings. The largest absolute Gasteiger partial charge is 0.506 e. The van der Waals surface area contributed by atoms with E-state index < -0.39 is 15.9 Å². The van der Waals surface area contributed by atoms with Gasteiger partial charge in [-0.2, -0.15) is 0 Å². The normalized spacial score (nSPS) is 11.1. The molecule has 0 heterocycles. The van der Waals surface area contributed by atoms with Crippen molar-refractivity contribution in [2.24, 2.45) is 0 Å². The number of aromatic hydroxyl groups is 1. The third-order valence-electron chi connectivity index (χ3n) is 2.91. The van der Waals surface area contributed by atoms with Crippen molar-refractivity contribution in [2.75, 3.05) is 5.32 Å². The molecule has 2 aromatic carbocycles. The number of rotatable bonds is 3. The first kappa shape index (κ1) is 14.9. The summed E-state index contributed by atoms with van der Waals surface area (Å²) in [5.41, 5.74) is 0.718. The first-order valence-corrected chi connectivity index (χ1v) is 7.44. The highest BCUT2D eigenvalue weighted by molar-refractivity contribution is 7.91. The van der Waals surface area contributed by atoms with Crippen LogP contribution in [0.25, 0.3) is 0 Å². The first-order valence-electron chi connectivity index (χ1n) is 5.96. The Bertz CT molecular complexity index is 782. The molecule has 0 saturated heterocycles. The predicted molar refractivity (Wildman–Crippen MR) is 76.4 cm³/mol. The molecular weight excluding hydrogens is 294 g/mol. The SMILES string of the molecule is Cc1cccc(S(=O)(=O)c2ccc(NC(=O)O)cc2)c1O. The summed E-state index contributed by atoms with van der Waals surface area (Å²) >= 11 is 0. The van der Waals surface area contributed by atoms with E-state index in [1.165, 1.54) is 30.3 Å². The molecule has 0 saturated carbocycles. The molecule has 0 unspecified atom stereocenters. The number of carbonyl (C=O) groups is 1. The Hall–Kier alpha value is -2.54. The van der Waals surface area contributed by atoms with E-state index in [1.807, 2.05) is 0 Å². The van der Waals surface area contributed by atoms with Crippen molar-refractivity contribution in [2.45, 2.75) is 16.7 Å². The number of phenolic OH excluding ortho intramolecular Hbond substituents is 1. The Balaban J connectivity index is 2.44. The van der Waals surface area contributed by atoms with Crippen LogP contribution >= 0.6 is 0 Å². The van der Waals surface area contributed by atoms with Crippen LogP contribution in [0.15, 0.2) is 52.3 Å². The second kappa shape index (κ2) is 5.45. The molecule has 2 aromatic rings. The molecular formula is C14H13NO5S. The number of hydrogen-bond acceptors (Lipinski definition) is 4. The predicted octanol–water partition coefficient (Wildman–Crippen LogP) is 2.62. The number of phenols is 1. The summed E-state index contributed by atoms with van der Waals surface area (Å²) in [6, 6.07) is 9.71. The van der Waals surface area contributed by atoms with Crippen molar-refractivity contribution in [3.8, 4) is 5.75 Å². The monoisotopic (exact) mass is 307 g/mol. The molecule has 0 aliphatic carbocycles. The quantitative estimate of drug-likeness (QED) is 0.808. The zero-order valence-corrected chi connectivity index (χ0v) is 11.9.